The number of ketones is 1. The first-order valence-corrected chi connectivity index (χ1v) is 9.59. The number of nitriles is 1. The van der Waals surface area contributed by atoms with Gasteiger partial charge in [-0.15, -0.1) is 0 Å². The Morgan fingerprint density at radius 3 is 2.68 bits per heavy atom. The molecule has 0 unspecified atom stereocenters. The molecule has 140 valence electrons. The van der Waals surface area contributed by atoms with Crippen LogP contribution < -0.4 is 4.90 Å². The molecule has 28 heavy (non-hydrogen) atoms. The second-order valence-electron chi connectivity index (χ2n) is 8.03. The number of benzene rings is 2. The number of carbonyl (C=O) groups is 1. The maximum atomic E-state index is 13.4. The minimum absolute atomic E-state index is 0.0498. The van der Waals surface area contributed by atoms with Crippen LogP contribution in [0.3, 0.4) is 0 Å². The van der Waals surface area contributed by atoms with Crippen LogP contribution >= 0.6 is 0 Å². The summed E-state index contributed by atoms with van der Waals surface area (Å²) in [5.41, 5.74) is 5.68. The summed E-state index contributed by atoms with van der Waals surface area (Å²) in [4.78, 5) is 19.1. The highest BCUT2D eigenvalue weighted by Gasteiger charge is 2.40. The van der Waals surface area contributed by atoms with E-state index in [0.29, 0.717) is 5.56 Å². The Kier molecular flexibility index (Phi) is 3.62. The molecule has 0 saturated carbocycles. The van der Waals surface area contributed by atoms with Gasteiger partial charge in [-0.25, -0.2) is 0 Å². The van der Waals surface area contributed by atoms with Gasteiger partial charge in [-0.1, -0.05) is 19.9 Å². The van der Waals surface area contributed by atoms with E-state index in [9.17, 15) is 10.1 Å². The molecule has 0 bridgehead atoms. The fourth-order valence-corrected chi connectivity index (χ4v) is 4.51. The molecule has 5 heteroatoms. The molecule has 5 rings (SSSR count). The van der Waals surface area contributed by atoms with Crippen molar-refractivity contribution in [3.8, 4) is 6.07 Å². The number of hydrogen-bond donors (Lipinski definition) is 1. The van der Waals surface area contributed by atoms with Crippen molar-refractivity contribution in [2.75, 3.05) is 31.2 Å². The van der Waals surface area contributed by atoms with Crippen LogP contribution in [0, 0.1) is 11.3 Å². The lowest BCUT2D eigenvalue weighted by Gasteiger charge is -2.35. The van der Waals surface area contributed by atoms with E-state index >= 15 is 0 Å². The highest BCUT2D eigenvalue weighted by Crippen LogP contribution is 2.44. The van der Waals surface area contributed by atoms with E-state index in [2.05, 4.69) is 35.9 Å². The lowest BCUT2D eigenvalue weighted by Crippen LogP contribution is -2.37. The summed E-state index contributed by atoms with van der Waals surface area (Å²) in [6.07, 6.45) is 0. The molecular weight excluding hydrogens is 350 g/mol. The van der Waals surface area contributed by atoms with Gasteiger partial charge in [0, 0.05) is 46.4 Å². The predicted molar refractivity (Wildman–Crippen MR) is 108 cm³/mol. The predicted octanol–water partition coefficient (Wildman–Crippen LogP) is 3.75. The minimum atomic E-state index is -0.341. The van der Waals surface area contributed by atoms with E-state index in [1.165, 1.54) is 0 Å². The largest absolute Gasteiger partial charge is 0.378 e. The Morgan fingerprint density at radius 2 is 1.93 bits per heavy atom. The third-order valence-corrected chi connectivity index (χ3v) is 6.08. The first-order chi connectivity index (χ1) is 13.5. The Balaban J connectivity index is 1.69. The van der Waals surface area contributed by atoms with Crippen LogP contribution in [0.5, 0.6) is 0 Å². The Morgan fingerprint density at radius 1 is 1.14 bits per heavy atom. The first kappa shape index (κ1) is 17.0. The Hall–Kier alpha value is -3.10. The third kappa shape index (κ3) is 2.31. The molecule has 2 aromatic carbocycles. The monoisotopic (exact) mass is 371 g/mol. The van der Waals surface area contributed by atoms with E-state index in [0.717, 1.165) is 65.3 Å². The normalized spacial score (nSPS) is 17.9. The fourth-order valence-electron chi connectivity index (χ4n) is 4.51. The van der Waals surface area contributed by atoms with Crippen LogP contribution in [0.4, 0.5) is 5.69 Å². The zero-order valence-corrected chi connectivity index (χ0v) is 16.0. The third-order valence-electron chi connectivity index (χ3n) is 6.08. The van der Waals surface area contributed by atoms with Crippen LogP contribution in [0.15, 0.2) is 36.4 Å². The minimum Gasteiger partial charge on any atom is -0.378 e. The Labute approximate surface area is 163 Å². The van der Waals surface area contributed by atoms with Gasteiger partial charge in [-0.2, -0.15) is 5.26 Å². The number of rotatable bonds is 1. The number of fused-ring (bicyclic) bond motifs is 4. The summed E-state index contributed by atoms with van der Waals surface area (Å²) < 4.78 is 5.47. The average molecular weight is 371 g/mol. The van der Waals surface area contributed by atoms with Crippen LogP contribution in [-0.2, 0) is 10.2 Å². The van der Waals surface area contributed by atoms with Gasteiger partial charge in [0.05, 0.1) is 30.4 Å². The first-order valence-electron chi connectivity index (χ1n) is 9.59. The molecule has 0 amide bonds. The summed E-state index contributed by atoms with van der Waals surface area (Å²) in [6.45, 7) is 7.49. The smallest absolute Gasteiger partial charge is 0.195 e. The summed E-state index contributed by atoms with van der Waals surface area (Å²) in [5.74, 6) is 0.0498. The second-order valence-corrected chi connectivity index (χ2v) is 8.03. The number of ether oxygens (including phenoxy) is 1. The number of carbonyl (C=O) groups excluding carboxylic acids is 1. The van der Waals surface area contributed by atoms with Crippen LogP contribution in [0.2, 0.25) is 0 Å². The summed E-state index contributed by atoms with van der Waals surface area (Å²) in [5, 5.41) is 10.1. The van der Waals surface area contributed by atoms with Crippen LogP contribution in [-0.4, -0.2) is 37.1 Å². The van der Waals surface area contributed by atoms with Gasteiger partial charge in [0.2, 0.25) is 0 Å². The quantitative estimate of drug-likeness (QED) is 0.707. The summed E-state index contributed by atoms with van der Waals surface area (Å²) in [6, 6.07) is 13.8. The molecule has 1 N–H and O–H groups in total. The second kappa shape index (κ2) is 5.95. The lowest BCUT2D eigenvalue weighted by molar-refractivity contribution is 0.103. The number of nitrogens with one attached hydrogen (secondary N) is 1. The van der Waals surface area contributed by atoms with E-state index < -0.39 is 0 Å². The molecule has 3 aromatic rings. The highest BCUT2D eigenvalue weighted by atomic mass is 16.5. The number of hydrogen-bond acceptors (Lipinski definition) is 4. The van der Waals surface area contributed by atoms with Crippen molar-refractivity contribution in [1.82, 2.24) is 4.98 Å². The van der Waals surface area contributed by atoms with Gasteiger partial charge < -0.3 is 14.6 Å². The van der Waals surface area contributed by atoms with Gasteiger partial charge in [-0.05, 0) is 35.9 Å². The number of nitrogens with zero attached hydrogens (tertiary/aromatic N) is 2. The zero-order chi connectivity index (χ0) is 19.5. The van der Waals surface area contributed by atoms with E-state index in [-0.39, 0.29) is 11.2 Å². The van der Waals surface area contributed by atoms with Gasteiger partial charge in [0.15, 0.2) is 5.78 Å². The maximum Gasteiger partial charge on any atom is 0.195 e. The summed E-state index contributed by atoms with van der Waals surface area (Å²) >= 11 is 0. The van der Waals surface area contributed by atoms with E-state index in [1.807, 2.05) is 24.3 Å². The van der Waals surface area contributed by atoms with Gasteiger partial charge in [0.1, 0.15) is 0 Å². The van der Waals surface area contributed by atoms with E-state index in [1.54, 1.807) is 6.07 Å². The van der Waals surface area contributed by atoms with Gasteiger partial charge in [-0.3, -0.25) is 4.79 Å². The van der Waals surface area contributed by atoms with Crippen molar-refractivity contribution in [1.29, 1.82) is 5.26 Å². The van der Waals surface area contributed by atoms with E-state index in [4.69, 9.17) is 4.74 Å². The fraction of sp³-hybridized carbons (Fsp3) is 0.304. The molecule has 5 nitrogen and oxygen atoms in total. The molecule has 1 aliphatic heterocycles. The number of aromatic amines is 1. The van der Waals surface area contributed by atoms with Crippen molar-refractivity contribution in [3.05, 3.63) is 64.3 Å². The van der Waals surface area contributed by atoms with Gasteiger partial charge in [0.25, 0.3) is 0 Å². The molecule has 0 radical (unpaired) electrons. The summed E-state index contributed by atoms with van der Waals surface area (Å²) in [7, 11) is 0. The molecule has 2 heterocycles. The maximum absolute atomic E-state index is 13.4. The van der Waals surface area contributed by atoms with Crippen molar-refractivity contribution in [2.45, 2.75) is 19.3 Å². The highest BCUT2D eigenvalue weighted by molar-refractivity contribution is 6.20. The average Bonchev–Trinajstić information content (AvgIpc) is 3.12. The number of H-pyrrole nitrogens is 1. The van der Waals surface area contributed by atoms with Crippen LogP contribution in [0.25, 0.3) is 10.9 Å². The standard InChI is InChI=1S/C23H21N3O2/c1-23(2)18-12-15(26-7-9-28-10-8-26)4-6-16(18)21(27)20-17-5-3-14(13-24)11-19(17)25-22(20)23/h3-6,11-12,25H,7-10H2,1-2H3. The molecule has 0 spiro atoms. The zero-order valence-electron chi connectivity index (χ0n) is 16.0. The van der Waals surface area contributed by atoms with Crippen LogP contribution in [0.1, 0.15) is 46.6 Å². The number of anilines is 1. The molecule has 1 saturated heterocycles. The van der Waals surface area contributed by atoms with Crippen molar-refractivity contribution in [3.63, 3.8) is 0 Å². The van der Waals surface area contributed by atoms with Crippen molar-refractivity contribution in [2.24, 2.45) is 0 Å². The molecule has 2 aliphatic rings. The number of morpholine rings is 1. The van der Waals surface area contributed by atoms with Crippen molar-refractivity contribution >= 4 is 22.4 Å². The molecule has 1 aromatic heterocycles. The SMILES string of the molecule is CC1(C)c2cc(N3CCOCC3)ccc2C(=O)c2c1[nH]c1cc(C#N)ccc21. The van der Waals surface area contributed by atoms with Crippen molar-refractivity contribution < 1.29 is 9.53 Å². The molecule has 1 fully saturated rings. The number of aromatic nitrogens is 1. The van der Waals surface area contributed by atoms with Gasteiger partial charge >= 0.3 is 0 Å². The molecule has 1 aliphatic carbocycles. The lowest BCUT2D eigenvalue weighted by atomic mass is 9.71. The Bertz CT molecular complexity index is 1160. The molecule has 0 atom stereocenters. The molecular formula is C23H21N3O2. The topological polar surface area (TPSA) is 69.1 Å².